The molecule has 4 rings (SSSR count). The fourth-order valence-corrected chi connectivity index (χ4v) is 3.27. The molecular formula is C21H5N11. The predicted octanol–water partition coefficient (Wildman–Crippen LogP) is 0.555. The first-order chi connectivity index (χ1) is 15.6. The molecule has 3 aromatic rings. The Morgan fingerprint density at radius 2 is 1.09 bits per heavy atom. The van der Waals surface area contributed by atoms with Gasteiger partial charge >= 0.3 is 0 Å². The van der Waals surface area contributed by atoms with Crippen molar-refractivity contribution in [2.75, 3.05) is 0 Å². The summed E-state index contributed by atoms with van der Waals surface area (Å²) in [5.74, 6) is 0. The van der Waals surface area contributed by atoms with Crippen LogP contribution >= 0.6 is 0 Å². The van der Waals surface area contributed by atoms with Crippen LogP contribution in [0, 0.1) is 68.0 Å². The molecular weight excluding hydrogens is 406 g/mol. The molecule has 0 radical (unpaired) electrons. The van der Waals surface area contributed by atoms with Crippen LogP contribution < -0.4 is 10.6 Å². The van der Waals surface area contributed by atoms with Crippen LogP contribution in [0.1, 0.15) is 35.6 Å². The highest BCUT2D eigenvalue weighted by Crippen LogP contribution is 2.20. The lowest BCUT2D eigenvalue weighted by molar-refractivity contribution is 1.00. The first kappa shape index (κ1) is 19.6. The van der Waals surface area contributed by atoms with Crippen molar-refractivity contribution in [1.82, 2.24) is 19.9 Å². The van der Waals surface area contributed by atoms with Gasteiger partial charge < -0.3 is 0 Å². The number of benzene rings is 1. The van der Waals surface area contributed by atoms with Crippen molar-refractivity contribution in [3.63, 3.8) is 0 Å². The molecule has 32 heavy (non-hydrogen) atoms. The number of rotatable bonds is 0. The van der Waals surface area contributed by atoms with Gasteiger partial charge in [-0.1, -0.05) is 6.08 Å². The molecule has 0 atom stereocenters. The Morgan fingerprint density at radius 3 is 1.59 bits per heavy atom. The van der Waals surface area contributed by atoms with Gasteiger partial charge in [-0.2, -0.15) is 31.6 Å². The summed E-state index contributed by atoms with van der Waals surface area (Å²) in [6, 6.07) is 11.1. The average molecular weight is 411 g/mol. The fourth-order valence-electron chi connectivity index (χ4n) is 3.27. The molecule has 11 nitrogen and oxygen atoms in total. The number of aromatic nitrogens is 4. The third kappa shape index (κ3) is 2.81. The van der Waals surface area contributed by atoms with Crippen LogP contribution in [-0.2, 0) is 0 Å². The van der Waals surface area contributed by atoms with E-state index in [-0.39, 0.29) is 67.9 Å². The third-order valence-electron chi connectivity index (χ3n) is 4.67. The van der Waals surface area contributed by atoms with Crippen LogP contribution in [0.3, 0.4) is 0 Å². The van der Waals surface area contributed by atoms with E-state index >= 15 is 0 Å². The molecule has 0 unspecified atom stereocenters. The maximum Gasteiger partial charge on any atom is 0.177 e. The van der Waals surface area contributed by atoms with Crippen molar-refractivity contribution in [3.05, 3.63) is 44.6 Å². The molecule has 1 aliphatic heterocycles. The Bertz CT molecular complexity index is 1790. The molecule has 144 valence electrons. The van der Waals surface area contributed by atoms with Gasteiger partial charge in [0, 0.05) is 5.22 Å². The Morgan fingerprint density at radius 1 is 0.594 bits per heavy atom. The van der Waals surface area contributed by atoms with Gasteiger partial charge in [0.2, 0.25) is 0 Å². The molecule has 0 bridgehead atoms. The smallest absolute Gasteiger partial charge is 0.177 e. The van der Waals surface area contributed by atoms with E-state index in [9.17, 15) is 31.6 Å². The highest BCUT2D eigenvalue weighted by Gasteiger charge is 2.20. The van der Waals surface area contributed by atoms with Crippen molar-refractivity contribution >= 4 is 28.1 Å². The van der Waals surface area contributed by atoms with Crippen molar-refractivity contribution < 1.29 is 0 Å². The second-order valence-corrected chi connectivity index (χ2v) is 6.35. The second kappa shape index (κ2) is 7.58. The summed E-state index contributed by atoms with van der Waals surface area (Å²) >= 11 is 0. The summed E-state index contributed by atoms with van der Waals surface area (Å²) in [6.45, 7) is 0. The number of hydrogen-bond acceptors (Lipinski definition) is 11. The van der Waals surface area contributed by atoms with Crippen LogP contribution in [0.25, 0.3) is 28.1 Å². The first-order valence-corrected chi connectivity index (χ1v) is 8.88. The van der Waals surface area contributed by atoms with E-state index < -0.39 is 0 Å². The van der Waals surface area contributed by atoms with Gasteiger partial charge in [0.05, 0.1) is 11.6 Å². The minimum absolute atomic E-state index is 0.0244. The molecule has 1 aliphatic rings. The zero-order chi connectivity index (χ0) is 22.8. The van der Waals surface area contributed by atoms with Gasteiger partial charge in [0.15, 0.2) is 28.5 Å². The number of nitriles is 6. The van der Waals surface area contributed by atoms with E-state index in [2.05, 4.69) is 24.9 Å². The Labute approximate surface area is 179 Å². The van der Waals surface area contributed by atoms with Crippen molar-refractivity contribution in [1.29, 1.82) is 31.6 Å². The normalized spacial score (nSPS) is 16.7. The van der Waals surface area contributed by atoms with Crippen LogP contribution in [0.5, 0.6) is 0 Å². The monoisotopic (exact) mass is 411 g/mol. The average Bonchev–Trinajstić information content (AvgIpc) is 2.82. The van der Waals surface area contributed by atoms with E-state index in [0.717, 1.165) is 0 Å². The SMILES string of the molecule is N#C/C1=C(C#N)/N=c2\c(c3nc(C#N)c(C#N)nc3c3nc(C#N)c(C#N)nc23)=C/CC1. The van der Waals surface area contributed by atoms with Gasteiger partial charge in [-0.25, -0.2) is 24.9 Å². The lowest BCUT2D eigenvalue weighted by Crippen LogP contribution is -2.31. The molecule has 1 aromatic carbocycles. The Hall–Kier alpha value is -5.75. The molecule has 2 aromatic heterocycles. The topological polar surface area (TPSA) is 207 Å². The van der Waals surface area contributed by atoms with Crippen molar-refractivity contribution in [2.24, 2.45) is 4.99 Å². The Kier molecular flexibility index (Phi) is 4.64. The maximum atomic E-state index is 9.55. The molecule has 0 N–H and O–H groups in total. The highest BCUT2D eigenvalue weighted by atomic mass is 14.9. The molecule has 0 fully saturated rings. The predicted molar refractivity (Wildman–Crippen MR) is 104 cm³/mol. The van der Waals surface area contributed by atoms with E-state index in [4.69, 9.17) is 0 Å². The molecule has 11 heteroatoms. The lowest BCUT2D eigenvalue weighted by atomic mass is 10.0. The number of hydrogen-bond donors (Lipinski definition) is 0. The maximum absolute atomic E-state index is 9.55. The number of fused-ring (bicyclic) bond motifs is 6. The summed E-state index contributed by atoms with van der Waals surface area (Å²) in [5.41, 5.74) is -0.595. The number of nitrogens with zero attached hydrogens (tertiary/aromatic N) is 11. The molecule has 0 aliphatic carbocycles. The van der Waals surface area contributed by atoms with Crippen LogP contribution in [0.4, 0.5) is 0 Å². The first-order valence-electron chi connectivity index (χ1n) is 8.88. The van der Waals surface area contributed by atoms with Crippen LogP contribution in [0.15, 0.2) is 16.3 Å². The van der Waals surface area contributed by atoms with Crippen molar-refractivity contribution in [3.8, 4) is 36.4 Å². The number of allylic oxidation sites excluding steroid dienone is 2. The van der Waals surface area contributed by atoms with E-state index in [0.29, 0.717) is 11.6 Å². The van der Waals surface area contributed by atoms with Gasteiger partial charge in [-0.3, -0.25) is 0 Å². The standard InChI is InChI=1S/C21H5N11/c22-4-10-2-1-3-11-17(28-12(10)5-23)19-21(32-16(9-27)15(8-26)31-19)20-18(11)29-13(6-24)14(7-25)30-20/h3H,1-2H2/b11-3+,12-10+,28-17+. The zero-order valence-electron chi connectivity index (χ0n) is 15.9. The summed E-state index contributed by atoms with van der Waals surface area (Å²) in [4.78, 5) is 21.3. The minimum Gasteiger partial charge on any atom is -0.234 e. The zero-order valence-corrected chi connectivity index (χ0v) is 15.9. The largest absolute Gasteiger partial charge is 0.234 e. The Balaban J connectivity index is 2.42. The molecule has 0 saturated heterocycles. The van der Waals surface area contributed by atoms with Gasteiger partial charge in [-0.05, 0) is 12.8 Å². The molecule has 0 spiro atoms. The summed E-state index contributed by atoms with van der Waals surface area (Å²) in [5, 5.41) is 57.0. The van der Waals surface area contributed by atoms with Crippen LogP contribution in [-0.4, -0.2) is 19.9 Å². The summed E-state index contributed by atoms with van der Waals surface area (Å²) < 4.78 is 0. The summed E-state index contributed by atoms with van der Waals surface area (Å²) in [6.07, 6.45) is 2.30. The lowest BCUT2D eigenvalue weighted by Gasteiger charge is -2.09. The van der Waals surface area contributed by atoms with E-state index in [1.54, 1.807) is 24.3 Å². The van der Waals surface area contributed by atoms with Gasteiger partial charge in [0.25, 0.3) is 0 Å². The molecule has 3 heterocycles. The van der Waals surface area contributed by atoms with Gasteiger partial charge in [0.1, 0.15) is 57.8 Å². The van der Waals surface area contributed by atoms with E-state index in [1.807, 2.05) is 18.2 Å². The van der Waals surface area contributed by atoms with Crippen molar-refractivity contribution in [2.45, 2.75) is 12.8 Å². The molecule has 0 saturated carbocycles. The highest BCUT2D eigenvalue weighted by molar-refractivity contribution is 6.00. The fraction of sp³-hybridized carbons (Fsp3) is 0.0952. The quantitative estimate of drug-likeness (QED) is 0.469. The molecule has 0 amide bonds. The van der Waals surface area contributed by atoms with Crippen LogP contribution in [0.2, 0.25) is 0 Å². The third-order valence-corrected chi connectivity index (χ3v) is 4.67. The van der Waals surface area contributed by atoms with E-state index in [1.165, 1.54) is 0 Å². The minimum atomic E-state index is -0.269. The van der Waals surface area contributed by atoms with Gasteiger partial charge in [-0.15, -0.1) is 0 Å². The second-order valence-electron chi connectivity index (χ2n) is 6.35. The summed E-state index contributed by atoms with van der Waals surface area (Å²) in [7, 11) is 0.